The van der Waals surface area contributed by atoms with Crippen molar-refractivity contribution >= 4 is 5.69 Å². The van der Waals surface area contributed by atoms with Gasteiger partial charge in [0.15, 0.2) is 0 Å². The minimum atomic E-state index is 0.770. The third kappa shape index (κ3) is 6.46. The second kappa shape index (κ2) is 9.77. The first kappa shape index (κ1) is 18.0. The molecule has 0 heterocycles. The molecule has 0 aliphatic rings. The standard InChI is InChI=1S/C17H33N4/c1-3-20(17-9-5-4-6-10-17)13-16-21(2,14-7-11-18)15-8-12-19/h4-6,9-10H,3,7-8,11-16,18-19H2,1-2H3/q+1. The number of benzene rings is 1. The van der Waals surface area contributed by atoms with Crippen LogP contribution in [0.25, 0.3) is 0 Å². The molecule has 1 aromatic carbocycles. The Morgan fingerprint density at radius 3 is 2.00 bits per heavy atom. The van der Waals surface area contributed by atoms with E-state index in [4.69, 9.17) is 11.5 Å². The summed E-state index contributed by atoms with van der Waals surface area (Å²) in [5, 5.41) is 0. The second-order valence-corrected chi connectivity index (χ2v) is 5.99. The summed E-state index contributed by atoms with van der Waals surface area (Å²) in [6, 6.07) is 10.7. The van der Waals surface area contributed by atoms with E-state index in [1.54, 1.807) is 0 Å². The molecule has 0 fully saturated rings. The highest BCUT2D eigenvalue weighted by atomic mass is 15.3. The first-order valence-electron chi connectivity index (χ1n) is 8.19. The lowest BCUT2D eigenvalue weighted by Gasteiger charge is -2.37. The number of para-hydroxylation sites is 1. The smallest absolute Gasteiger partial charge is 0.0962 e. The Labute approximate surface area is 130 Å². The topological polar surface area (TPSA) is 55.3 Å². The van der Waals surface area contributed by atoms with E-state index < -0.39 is 0 Å². The van der Waals surface area contributed by atoms with Crippen molar-refractivity contribution in [2.24, 2.45) is 11.5 Å². The van der Waals surface area contributed by atoms with Gasteiger partial charge in [-0.25, -0.2) is 0 Å². The Hall–Kier alpha value is -1.10. The largest absolute Gasteiger partial charge is 0.366 e. The van der Waals surface area contributed by atoms with Gasteiger partial charge < -0.3 is 20.9 Å². The zero-order valence-corrected chi connectivity index (χ0v) is 13.8. The Balaban J connectivity index is 2.60. The summed E-state index contributed by atoms with van der Waals surface area (Å²) < 4.78 is 1.07. The van der Waals surface area contributed by atoms with Crippen LogP contribution in [0.15, 0.2) is 30.3 Å². The molecule has 1 aromatic rings. The lowest BCUT2D eigenvalue weighted by atomic mass is 10.2. The predicted molar refractivity (Wildman–Crippen MR) is 92.5 cm³/mol. The van der Waals surface area contributed by atoms with Crippen LogP contribution in [0.2, 0.25) is 0 Å². The minimum Gasteiger partial charge on any atom is -0.366 e. The van der Waals surface area contributed by atoms with E-state index in [9.17, 15) is 0 Å². The molecule has 0 radical (unpaired) electrons. The van der Waals surface area contributed by atoms with E-state index in [1.165, 1.54) is 5.69 Å². The molecule has 120 valence electrons. The summed E-state index contributed by atoms with van der Waals surface area (Å²) in [7, 11) is 2.34. The van der Waals surface area contributed by atoms with Crippen LogP contribution < -0.4 is 16.4 Å². The molecule has 4 N–H and O–H groups in total. The zero-order chi connectivity index (χ0) is 15.6. The lowest BCUT2D eigenvalue weighted by Crippen LogP contribution is -2.50. The molecule has 0 amide bonds. The Kier molecular flexibility index (Phi) is 8.35. The molecule has 0 aliphatic carbocycles. The van der Waals surface area contributed by atoms with Crippen molar-refractivity contribution in [2.75, 3.05) is 57.8 Å². The SMILES string of the molecule is CCN(CC[N+](C)(CCCN)CCCN)c1ccccc1. The average molecular weight is 293 g/mol. The van der Waals surface area contributed by atoms with Gasteiger partial charge in [-0.1, -0.05) is 18.2 Å². The van der Waals surface area contributed by atoms with Crippen LogP contribution in [0, 0.1) is 0 Å². The number of rotatable bonds is 11. The van der Waals surface area contributed by atoms with Gasteiger partial charge in [-0.2, -0.15) is 0 Å². The van der Waals surface area contributed by atoms with Gasteiger partial charge in [0, 0.05) is 25.1 Å². The quantitative estimate of drug-likeness (QED) is 0.610. The molecule has 0 spiro atoms. The summed E-state index contributed by atoms with van der Waals surface area (Å²) in [5.74, 6) is 0. The van der Waals surface area contributed by atoms with Crippen molar-refractivity contribution in [2.45, 2.75) is 19.8 Å². The fourth-order valence-corrected chi connectivity index (χ4v) is 2.75. The molecule has 0 atom stereocenters. The monoisotopic (exact) mass is 293 g/mol. The molecule has 1 rings (SSSR count). The van der Waals surface area contributed by atoms with Crippen molar-refractivity contribution in [1.29, 1.82) is 0 Å². The predicted octanol–water partition coefficient (Wildman–Crippen LogP) is 1.66. The third-order valence-electron chi connectivity index (χ3n) is 4.22. The van der Waals surface area contributed by atoms with Crippen LogP contribution in [0.5, 0.6) is 0 Å². The van der Waals surface area contributed by atoms with Gasteiger partial charge in [-0.3, -0.25) is 0 Å². The number of likely N-dealkylation sites (N-methyl/N-ethyl adjacent to an activating group) is 2. The van der Waals surface area contributed by atoms with Crippen molar-refractivity contribution in [3.63, 3.8) is 0 Å². The summed E-state index contributed by atoms with van der Waals surface area (Å²) in [4.78, 5) is 2.45. The van der Waals surface area contributed by atoms with Crippen LogP contribution in [-0.4, -0.2) is 57.3 Å². The summed E-state index contributed by atoms with van der Waals surface area (Å²) in [6.45, 7) is 9.30. The number of nitrogens with zero attached hydrogens (tertiary/aromatic N) is 2. The second-order valence-electron chi connectivity index (χ2n) is 5.99. The van der Waals surface area contributed by atoms with Gasteiger partial charge in [0.25, 0.3) is 0 Å². The number of anilines is 1. The summed E-state index contributed by atoms with van der Waals surface area (Å²) >= 11 is 0. The number of hydrogen-bond donors (Lipinski definition) is 2. The first-order valence-corrected chi connectivity index (χ1v) is 8.19. The maximum atomic E-state index is 5.69. The van der Waals surface area contributed by atoms with E-state index in [0.29, 0.717) is 0 Å². The summed E-state index contributed by atoms with van der Waals surface area (Å²) in [5.41, 5.74) is 12.7. The van der Waals surface area contributed by atoms with Crippen molar-refractivity contribution in [1.82, 2.24) is 0 Å². The van der Waals surface area contributed by atoms with E-state index in [0.717, 1.165) is 63.1 Å². The first-order chi connectivity index (χ1) is 10.1. The fraction of sp³-hybridized carbons (Fsp3) is 0.647. The van der Waals surface area contributed by atoms with E-state index in [-0.39, 0.29) is 0 Å². The van der Waals surface area contributed by atoms with E-state index in [1.807, 2.05) is 0 Å². The molecule has 0 aromatic heterocycles. The molecule has 0 bridgehead atoms. The van der Waals surface area contributed by atoms with Gasteiger partial charge in [-0.05, 0) is 32.1 Å². The lowest BCUT2D eigenvalue weighted by molar-refractivity contribution is -0.908. The van der Waals surface area contributed by atoms with Crippen LogP contribution in [0.4, 0.5) is 5.69 Å². The Bertz CT molecular complexity index is 358. The Morgan fingerprint density at radius 1 is 0.952 bits per heavy atom. The highest BCUT2D eigenvalue weighted by Crippen LogP contribution is 2.14. The molecular formula is C17H33N4+. The molecule has 0 saturated heterocycles. The Morgan fingerprint density at radius 2 is 1.52 bits per heavy atom. The minimum absolute atomic E-state index is 0.770. The summed E-state index contributed by atoms with van der Waals surface area (Å²) in [6.07, 6.45) is 2.16. The third-order valence-corrected chi connectivity index (χ3v) is 4.22. The van der Waals surface area contributed by atoms with Crippen molar-refractivity contribution in [3.05, 3.63) is 30.3 Å². The van der Waals surface area contributed by atoms with Gasteiger partial charge in [0.05, 0.1) is 33.2 Å². The van der Waals surface area contributed by atoms with Gasteiger partial charge in [0.2, 0.25) is 0 Å². The zero-order valence-electron chi connectivity index (χ0n) is 13.8. The van der Waals surface area contributed by atoms with Crippen LogP contribution >= 0.6 is 0 Å². The fourth-order valence-electron chi connectivity index (χ4n) is 2.75. The number of quaternary nitrogens is 1. The molecule has 0 aliphatic heterocycles. The molecule has 4 nitrogen and oxygen atoms in total. The van der Waals surface area contributed by atoms with Gasteiger partial charge in [-0.15, -0.1) is 0 Å². The molecular weight excluding hydrogens is 260 g/mol. The van der Waals surface area contributed by atoms with E-state index >= 15 is 0 Å². The van der Waals surface area contributed by atoms with Gasteiger partial charge in [0.1, 0.15) is 0 Å². The normalized spacial score (nSPS) is 11.6. The average Bonchev–Trinajstić information content (AvgIpc) is 2.53. The number of nitrogens with two attached hydrogens (primary N) is 2. The van der Waals surface area contributed by atoms with E-state index in [2.05, 4.69) is 49.2 Å². The van der Waals surface area contributed by atoms with Crippen molar-refractivity contribution < 1.29 is 4.48 Å². The van der Waals surface area contributed by atoms with Gasteiger partial charge >= 0.3 is 0 Å². The maximum absolute atomic E-state index is 5.69. The van der Waals surface area contributed by atoms with Crippen LogP contribution in [0.1, 0.15) is 19.8 Å². The van der Waals surface area contributed by atoms with Crippen molar-refractivity contribution in [3.8, 4) is 0 Å². The molecule has 0 saturated carbocycles. The molecule has 4 heteroatoms. The highest BCUT2D eigenvalue weighted by Gasteiger charge is 2.21. The molecule has 0 unspecified atom stereocenters. The van der Waals surface area contributed by atoms with Crippen LogP contribution in [-0.2, 0) is 0 Å². The maximum Gasteiger partial charge on any atom is 0.0962 e. The molecule has 21 heavy (non-hydrogen) atoms. The highest BCUT2D eigenvalue weighted by molar-refractivity contribution is 5.45. The number of hydrogen-bond acceptors (Lipinski definition) is 3. The van der Waals surface area contributed by atoms with Crippen LogP contribution in [0.3, 0.4) is 0 Å².